The van der Waals surface area contributed by atoms with Gasteiger partial charge in [0, 0.05) is 25.4 Å². The average molecular weight is 451 g/mol. The second-order valence-electron chi connectivity index (χ2n) is 8.69. The minimum atomic E-state index is -4.19. The number of alkyl halides is 3. The molecule has 1 heterocycles. The molecule has 33 heavy (non-hydrogen) atoms. The number of rotatable bonds is 4. The van der Waals surface area contributed by atoms with E-state index in [4.69, 9.17) is 4.74 Å². The molecule has 0 saturated carbocycles. The molecule has 6 heteroatoms. The van der Waals surface area contributed by atoms with E-state index in [1.54, 1.807) is 11.0 Å². The Morgan fingerprint density at radius 1 is 0.939 bits per heavy atom. The molecule has 5 rings (SSSR count). The first kappa shape index (κ1) is 21.6. The molecule has 1 aliphatic heterocycles. The minimum Gasteiger partial charge on any atom is -0.448 e. The molecule has 0 aromatic heterocycles. The Morgan fingerprint density at radius 2 is 1.67 bits per heavy atom. The van der Waals surface area contributed by atoms with E-state index >= 15 is 0 Å². The third-order valence-corrected chi connectivity index (χ3v) is 6.58. The Kier molecular flexibility index (Phi) is 5.60. The molecule has 0 radical (unpaired) electrons. The first-order valence-electron chi connectivity index (χ1n) is 11.2. The van der Waals surface area contributed by atoms with E-state index in [1.807, 2.05) is 54.6 Å². The Hall–Kier alpha value is -3.28. The highest BCUT2D eigenvalue weighted by molar-refractivity contribution is 5.79. The lowest BCUT2D eigenvalue weighted by molar-refractivity contribution is -0.134. The summed E-state index contributed by atoms with van der Waals surface area (Å²) in [5.74, 6) is -0.192. The quantitative estimate of drug-likeness (QED) is 0.454. The van der Waals surface area contributed by atoms with Crippen molar-refractivity contribution in [2.75, 3.05) is 13.2 Å². The minimum absolute atomic E-state index is 0.0627. The van der Waals surface area contributed by atoms with Gasteiger partial charge in [-0.2, -0.15) is 13.2 Å². The van der Waals surface area contributed by atoms with Gasteiger partial charge in [0.2, 0.25) is 0 Å². The van der Waals surface area contributed by atoms with Crippen LogP contribution in [0.3, 0.4) is 0 Å². The maximum Gasteiger partial charge on any atom is 0.410 e. The number of aryl methyl sites for hydroxylation is 1. The number of ether oxygens (including phenoxy) is 1. The number of benzene rings is 3. The summed E-state index contributed by atoms with van der Waals surface area (Å²) in [7, 11) is 0. The van der Waals surface area contributed by atoms with Crippen molar-refractivity contribution in [3.05, 3.63) is 94.5 Å². The van der Waals surface area contributed by atoms with Crippen LogP contribution in [0.15, 0.2) is 66.7 Å². The predicted molar refractivity (Wildman–Crippen MR) is 120 cm³/mol. The molecule has 1 atom stereocenters. The molecule has 0 bridgehead atoms. The average Bonchev–Trinajstić information content (AvgIpc) is 3.13. The molecular weight excluding hydrogens is 427 g/mol. The van der Waals surface area contributed by atoms with Gasteiger partial charge in [0.25, 0.3) is 0 Å². The molecular formula is C27H24F3NO2. The topological polar surface area (TPSA) is 29.5 Å². The number of halogens is 3. The van der Waals surface area contributed by atoms with E-state index in [9.17, 15) is 18.0 Å². The SMILES string of the molecule is O=C(OCC1c2ccccc2-c2ccc(CCC(F)(F)F)cc21)N1CCc2ccccc2C1. The molecule has 0 fully saturated rings. The third-order valence-electron chi connectivity index (χ3n) is 6.58. The molecule has 1 aliphatic carbocycles. The number of fused-ring (bicyclic) bond motifs is 4. The highest BCUT2D eigenvalue weighted by atomic mass is 19.4. The standard InChI is InChI=1S/C27H24F3NO2/c28-27(29,30)13-11-18-9-10-23-21-7-3-4-8-22(21)25(24(23)15-18)17-33-26(32)31-14-12-19-5-1-2-6-20(19)16-31/h1-10,15,25H,11-14,16-17H2. The fourth-order valence-corrected chi connectivity index (χ4v) is 4.88. The molecule has 2 aliphatic rings. The molecule has 0 spiro atoms. The van der Waals surface area contributed by atoms with Gasteiger partial charge in [0.05, 0.1) is 0 Å². The van der Waals surface area contributed by atoms with Crippen molar-refractivity contribution in [1.82, 2.24) is 4.90 Å². The number of nitrogens with zero attached hydrogens (tertiary/aromatic N) is 1. The zero-order valence-electron chi connectivity index (χ0n) is 18.1. The summed E-state index contributed by atoms with van der Waals surface area (Å²) in [6, 6.07) is 21.5. The van der Waals surface area contributed by atoms with Crippen LogP contribution in [0.2, 0.25) is 0 Å². The number of carbonyl (C=O) groups excluding carboxylic acids is 1. The van der Waals surface area contributed by atoms with Gasteiger partial charge in [-0.05, 0) is 51.8 Å². The zero-order valence-corrected chi connectivity index (χ0v) is 18.1. The third kappa shape index (κ3) is 4.47. The number of hydrogen-bond donors (Lipinski definition) is 0. The van der Waals surface area contributed by atoms with Gasteiger partial charge in [-0.1, -0.05) is 66.7 Å². The zero-order chi connectivity index (χ0) is 23.0. The van der Waals surface area contributed by atoms with Crippen LogP contribution in [0.25, 0.3) is 11.1 Å². The van der Waals surface area contributed by atoms with E-state index < -0.39 is 12.6 Å². The van der Waals surface area contributed by atoms with Crippen molar-refractivity contribution >= 4 is 6.09 Å². The van der Waals surface area contributed by atoms with Crippen LogP contribution in [-0.2, 0) is 24.1 Å². The number of carbonyl (C=O) groups is 1. The van der Waals surface area contributed by atoms with E-state index in [1.165, 1.54) is 5.56 Å². The van der Waals surface area contributed by atoms with Crippen LogP contribution in [-0.4, -0.2) is 30.3 Å². The molecule has 1 amide bonds. The first-order chi connectivity index (χ1) is 15.9. The Labute approximate surface area is 190 Å². The summed E-state index contributed by atoms with van der Waals surface area (Å²) in [6.07, 6.45) is -4.67. The van der Waals surface area contributed by atoms with E-state index in [-0.39, 0.29) is 25.0 Å². The summed E-state index contributed by atoms with van der Waals surface area (Å²) in [4.78, 5) is 14.6. The van der Waals surface area contributed by atoms with Crippen LogP contribution in [0, 0.1) is 0 Å². The van der Waals surface area contributed by atoms with Gasteiger partial charge in [0.1, 0.15) is 6.61 Å². The van der Waals surface area contributed by atoms with Gasteiger partial charge >= 0.3 is 12.3 Å². The Bertz CT molecular complexity index is 1190. The van der Waals surface area contributed by atoms with Crippen LogP contribution >= 0.6 is 0 Å². The normalized spacial score (nSPS) is 16.7. The summed E-state index contributed by atoms with van der Waals surface area (Å²) in [5, 5.41) is 0. The van der Waals surface area contributed by atoms with Crippen molar-refractivity contribution < 1.29 is 22.7 Å². The van der Waals surface area contributed by atoms with Gasteiger partial charge < -0.3 is 9.64 Å². The van der Waals surface area contributed by atoms with Gasteiger partial charge in [0.15, 0.2) is 0 Å². The van der Waals surface area contributed by atoms with Crippen molar-refractivity contribution in [3.8, 4) is 11.1 Å². The van der Waals surface area contributed by atoms with Crippen molar-refractivity contribution in [2.24, 2.45) is 0 Å². The predicted octanol–water partition coefficient (Wildman–Crippen LogP) is 6.49. The lowest BCUT2D eigenvalue weighted by atomic mass is 9.95. The van der Waals surface area contributed by atoms with Crippen LogP contribution < -0.4 is 0 Å². The molecule has 3 aromatic rings. The Morgan fingerprint density at radius 3 is 2.48 bits per heavy atom. The van der Waals surface area contributed by atoms with Gasteiger partial charge in [-0.3, -0.25) is 0 Å². The molecule has 170 valence electrons. The van der Waals surface area contributed by atoms with Crippen LogP contribution in [0.1, 0.15) is 40.2 Å². The largest absolute Gasteiger partial charge is 0.448 e. The van der Waals surface area contributed by atoms with E-state index in [0.717, 1.165) is 34.2 Å². The van der Waals surface area contributed by atoms with Crippen molar-refractivity contribution in [3.63, 3.8) is 0 Å². The first-order valence-corrected chi connectivity index (χ1v) is 11.2. The lowest BCUT2D eigenvalue weighted by Crippen LogP contribution is -2.36. The van der Waals surface area contributed by atoms with Crippen LogP contribution in [0.4, 0.5) is 18.0 Å². The highest BCUT2D eigenvalue weighted by Crippen LogP contribution is 2.45. The van der Waals surface area contributed by atoms with Crippen molar-refractivity contribution in [1.29, 1.82) is 0 Å². The number of hydrogen-bond acceptors (Lipinski definition) is 2. The maximum atomic E-state index is 12.8. The van der Waals surface area contributed by atoms with Gasteiger partial charge in [-0.25, -0.2) is 4.79 Å². The summed E-state index contributed by atoms with van der Waals surface area (Å²) >= 11 is 0. The summed E-state index contributed by atoms with van der Waals surface area (Å²) < 4.78 is 43.9. The smallest absolute Gasteiger partial charge is 0.410 e. The fraction of sp³-hybridized carbons (Fsp3) is 0.296. The van der Waals surface area contributed by atoms with E-state index in [2.05, 4.69) is 6.07 Å². The Balaban J connectivity index is 1.33. The molecule has 0 saturated heterocycles. The fourth-order valence-electron chi connectivity index (χ4n) is 4.88. The monoisotopic (exact) mass is 451 g/mol. The van der Waals surface area contributed by atoms with Crippen molar-refractivity contribution in [2.45, 2.75) is 37.9 Å². The lowest BCUT2D eigenvalue weighted by Gasteiger charge is -2.28. The maximum absolute atomic E-state index is 12.8. The number of amides is 1. The van der Waals surface area contributed by atoms with Gasteiger partial charge in [-0.15, -0.1) is 0 Å². The molecule has 3 aromatic carbocycles. The van der Waals surface area contributed by atoms with Crippen LogP contribution in [0.5, 0.6) is 0 Å². The summed E-state index contributed by atoms with van der Waals surface area (Å²) in [5.41, 5.74) is 7.03. The molecule has 3 nitrogen and oxygen atoms in total. The molecule has 0 N–H and O–H groups in total. The highest BCUT2D eigenvalue weighted by Gasteiger charge is 2.32. The van der Waals surface area contributed by atoms with E-state index in [0.29, 0.717) is 18.7 Å². The molecule has 1 unspecified atom stereocenters. The summed E-state index contributed by atoms with van der Waals surface area (Å²) in [6.45, 7) is 1.29. The second-order valence-corrected chi connectivity index (χ2v) is 8.69. The second kappa shape index (κ2) is 8.58.